The van der Waals surface area contributed by atoms with Crippen molar-refractivity contribution < 1.29 is 4.79 Å². The highest BCUT2D eigenvalue weighted by molar-refractivity contribution is 9.10. The fraction of sp³-hybridized carbons (Fsp3) is 0.296. The molecule has 36 heavy (non-hydrogen) atoms. The quantitative estimate of drug-likeness (QED) is 0.282. The highest BCUT2D eigenvalue weighted by Crippen LogP contribution is 2.30. The van der Waals surface area contributed by atoms with Gasteiger partial charge in [-0.25, -0.2) is 9.78 Å². The lowest BCUT2D eigenvalue weighted by atomic mass is 9.98. The smallest absolute Gasteiger partial charge is 0.317 e. The van der Waals surface area contributed by atoms with Crippen LogP contribution in [0.2, 0.25) is 5.02 Å². The van der Waals surface area contributed by atoms with Crippen molar-refractivity contribution in [2.45, 2.75) is 25.8 Å². The van der Waals surface area contributed by atoms with Crippen molar-refractivity contribution >= 4 is 45.0 Å². The molecule has 7 nitrogen and oxygen atoms in total. The largest absolute Gasteiger partial charge is 0.370 e. The van der Waals surface area contributed by atoms with Gasteiger partial charge in [0.2, 0.25) is 0 Å². The number of carbonyl (C=O) groups is 1. The van der Waals surface area contributed by atoms with E-state index >= 15 is 0 Å². The molecule has 3 heterocycles. The monoisotopic (exact) mass is 566 g/mol. The van der Waals surface area contributed by atoms with E-state index in [9.17, 15) is 4.79 Å². The lowest BCUT2D eigenvalue weighted by Crippen LogP contribution is -2.47. The predicted molar refractivity (Wildman–Crippen MR) is 147 cm³/mol. The fourth-order valence-corrected chi connectivity index (χ4v) is 5.22. The highest BCUT2D eigenvalue weighted by atomic mass is 79.9. The molecule has 0 saturated carbocycles. The number of aromatic nitrogens is 3. The number of halogens is 2. The van der Waals surface area contributed by atoms with Gasteiger partial charge in [0.15, 0.2) is 5.65 Å². The Morgan fingerprint density at radius 1 is 1.19 bits per heavy atom. The molecule has 1 aliphatic rings. The second kappa shape index (κ2) is 10.9. The highest BCUT2D eigenvalue weighted by Gasteiger charge is 2.25. The number of urea groups is 1. The number of piperidine rings is 1. The van der Waals surface area contributed by atoms with Gasteiger partial charge in [-0.2, -0.15) is 9.61 Å². The van der Waals surface area contributed by atoms with E-state index in [1.807, 2.05) is 72.5 Å². The van der Waals surface area contributed by atoms with E-state index in [1.165, 1.54) is 0 Å². The maximum atomic E-state index is 13.0. The van der Waals surface area contributed by atoms with Crippen molar-refractivity contribution in [1.29, 1.82) is 0 Å². The molecule has 0 bridgehead atoms. The van der Waals surface area contributed by atoms with E-state index < -0.39 is 0 Å². The zero-order chi connectivity index (χ0) is 25.1. The number of hydrogen-bond acceptors (Lipinski definition) is 4. The summed E-state index contributed by atoms with van der Waals surface area (Å²) in [7, 11) is 0. The molecule has 5 rings (SSSR count). The van der Waals surface area contributed by atoms with Crippen LogP contribution in [0, 0.1) is 5.92 Å². The molecule has 1 fully saturated rings. The van der Waals surface area contributed by atoms with E-state index in [0.29, 0.717) is 17.5 Å². The molecular formula is C27H28BrClN6O. The van der Waals surface area contributed by atoms with Gasteiger partial charge in [-0.1, -0.05) is 60.1 Å². The van der Waals surface area contributed by atoms with Crippen molar-refractivity contribution in [2.24, 2.45) is 5.92 Å². The van der Waals surface area contributed by atoms with Crippen LogP contribution < -0.4 is 10.6 Å². The first kappa shape index (κ1) is 24.6. The topological polar surface area (TPSA) is 74.6 Å². The third-order valence-corrected chi connectivity index (χ3v) is 7.49. The second-order valence-electron chi connectivity index (χ2n) is 9.15. The number of nitrogens with one attached hydrogen (secondary N) is 2. The molecule has 9 heteroatoms. The van der Waals surface area contributed by atoms with Gasteiger partial charge in [-0.3, -0.25) is 0 Å². The molecule has 1 unspecified atom stereocenters. The van der Waals surface area contributed by atoms with E-state index in [2.05, 4.69) is 31.7 Å². The van der Waals surface area contributed by atoms with Gasteiger partial charge in [0.25, 0.3) is 0 Å². The maximum absolute atomic E-state index is 13.0. The standard InChI is InChI=1S/C27H28BrClN6O/c1-18(20-9-3-2-4-10-20)32-27(36)34-13-7-8-19(17-34)15-30-25-14-24(21-11-5-6-12-23(21)29)33-26-22(28)16-31-35(25)26/h2-6,9-12,14,16,18-19,30H,7-8,13,15,17H2,1H3,(H,32,36)/t18-,19?/m1/s1. The molecule has 1 aliphatic heterocycles. The third kappa shape index (κ3) is 5.34. The Bertz CT molecular complexity index is 1360. The number of rotatable bonds is 6. The zero-order valence-electron chi connectivity index (χ0n) is 20.0. The molecule has 186 valence electrons. The summed E-state index contributed by atoms with van der Waals surface area (Å²) in [5.74, 6) is 1.16. The summed E-state index contributed by atoms with van der Waals surface area (Å²) >= 11 is 10.0. The SMILES string of the molecule is C[C@@H](NC(=O)N1CCCC(CNc2cc(-c3ccccc3Cl)nc3c(Br)cnn23)C1)c1ccccc1. The minimum Gasteiger partial charge on any atom is -0.370 e. The third-order valence-electron chi connectivity index (χ3n) is 6.60. The van der Waals surface area contributed by atoms with Crippen molar-refractivity contribution in [3.05, 3.63) is 81.9 Å². The first-order valence-corrected chi connectivity index (χ1v) is 13.3. The Labute approximate surface area is 224 Å². The summed E-state index contributed by atoms with van der Waals surface area (Å²) in [5, 5.41) is 11.8. The van der Waals surface area contributed by atoms with Crippen LogP contribution in [0.4, 0.5) is 10.6 Å². The minimum atomic E-state index is -0.0382. The molecule has 2 aromatic carbocycles. The summed E-state index contributed by atoms with van der Waals surface area (Å²) in [6, 6.07) is 19.6. The number of amides is 2. The van der Waals surface area contributed by atoms with Gasteiger partial charge in [-0.05, 0) is 53.2 Å². The molecule has 4 aromatic rings. The number of anilines is 1. The van der Waals surface area contributed by atoms with E-state index in [4.69, 9.17) is 16.6 Å². The minimum absolute atomic E-state index is 0.0145. The average molecular weight is 568 g/mol. The molecule has 2 atom stereocenters. The first-order valence-electron chi connectivity index (χ1n) is 12.1. The number of fused-ring (bicyclic) bond motifs is 1. The summed E-state index contributed by atoms with van der Waals surface area (Å²) < 4.78 is 2.60. The Kier molecular flexibility index (Phi) is 7.43. The Morgan fingerprint density at radius 2 is 1.97 bits per heavy atom. The maximum Gasteiger partial charge on any atom is 0.317 e. The molecule has 2 amide bonds. The van der Waals surface area contributed by atoms with Crippen LogP contribution in [0.1, 0.15) is 31.4 Å². The predicted octanol–water partition coefficient (Wildman–Crippen LogP) is 6.41. The van der Waals surface area contributed by atoms with E-state index in [1.54, 1.807) is 10.7 Å². The fourth-order valence-electron chi connectivity index (χ4n) is 4.64. The van der Waals surface area contributed by atoms with Gasteiger partial charge in [-0.15, -0.1) is 0 Å². The zero-order valence-corrected chi connectivity index (χ0v) is 22.3. The summed E-state index contributed by atoms with van der Waals surface area (Å²) in [5.41, 5.74) is 3.46. The van der Waals surface area contributed by atoms with Crippen LogP contribution in [-0.4, -0.2) is 45.2 Å². The van der Waals surface area contributed by atoms with Crippen molar-refractivity contribution in [3.63, 3.8) is 0 Å². The molecule has 0 aliphatic carbocycles. The van der Waals surface area contributed by atoms with Crippen LogP contribution in [0.25, 0.3) is 16.9 Å². The normalized spacial score (nSPS) is 16.6. The number of benzene rings is 2. The van der Waals surface area contributed by atoms with E-state index in [-0.39, 0.29) is 12.1 Å². The number of nitrogens with zero attached hydrogens (tertiary/aromatic N) is 4. The summed E-state index contributed by atoms with van der Waals surface area (Å²) in [4.78, 5) is 19.7. The lowest BCUT2D eigenvalue weighted by Gasteiger charge is -2.34. The van der Waals surface area contributed by atoms with Crippen molar-refractivity contribution in [3.8, 4) is 11.3 Å². The number of carbonyl (C=O) groups excluding carboxylic acids is 1. The Balaban J connectivity index is 1.28. The van der Waals surface area contributed by atoms with Crippen LogP contribution >= 0.6 is 27.5 Å². The lowest BCUT2D eigenvalue weighted by molar-refractivity contribution is 0.165. The van der Waals surface area contributed by atoms with Crippen molar-refractivity contribution in [1.82, 2.24) is 24.8 Å². The number of likely N-dealkylation sites (tertiary alicyclic amines) is 1. The molecule has 2 N–H and O–H groups in total. The average Bonchev–Trinajstić information content (AvgIpc) is 3.28. The Hall–Kier alpha value is -3.10. The van der Waals surface area contributed by atoms with Gasteiger partial charge >= 0.3 is 6.03 Å². The van der Waals surface area contributed by atoms with Crippen LogP contribution in [0.3, 0.4) is 0 Å². The summed E-state index contributed by atoms with van der Waals surface area (Å²) in [6.45, 7) is 4.21. The van der Waals surface area contributed by atoms with Crippen LogP contribution in [0.5, 0.6) is 0 Å². The van der Waals surface area contributed by atoms with Gasteiger partial charge < -0.3 is 15.5 Å². The second-order valence-corrected chi connectivity index (χ2v) is 10.4. The van der Waals surface area contributed by atoms with Gasteiger partial charge in [0.05, 0.1) is 22.4 Å². The van der Waals surface area contributed by atoms with Crippen LogP contribution in [-0.2, 0) is 0 Å². The number of hydrogen-bond donors (Lipinski definition) is 2. The van der Waals surface area contributed by atoms with E-state index in [0.717, 1.165) is 58.7 Å². The van der Waals surface area contributed by atoms with Gasteiger partial charge in [0, 0.05) is 36.3 Å². The summed E-state index contributed by atoms with van der Waals surface area (Å²) in [6.07, 6.45) is 3.77. The molecule has 0 spiro atoms. The molecule has 1 saturated heterocycles. The first-order chi connectivity index (χ1) is 17.5. The van der Waals surface area contributed by atoms with Crippen LogP contribution in [0.15, 0.2) is 71.3 Å². The molecular weight excluding hydrogens is 540 g/mol. The van der Waals surface area contributed by atoms with Crippen molar-refractivity contribution in [2.75, 3.05) is 25.0 Å². The molecule has 0 radical (unpaired) electrons. The Morgan fingerprint density at radius 3 is 2.78 bits per heavy atom. The molecule has 2 aromatic heterocycles. The van der Waals surface area contributed by atoms with Gasteiger partial charge in [0.1, 0.15) is 5.82 Å².